The molecule has 4 aliphatic rings. The number of rotatable bonds is 9. The zero-order valence-electron chi connectivity index (χ0n) is 27.0. The number of nitro benzene ring substituents is 1. The van der Waals surface area contributed by atoms with Crippen LogP contribution in [-0.4, -0.2) is 46.1 Å². The Morgan fingerprint density at radius 1 is 1.00 bits per heavy atom. The molecule has 8 rings (SSSR count). The molecule has 3 heterocycles. The summed E-state index contributed by atoms with van der Waals surface area (Å²) in [4.78, 5) is 69.1. The highest BCUT2D eigenvalue weighted by Gasteiger charge is 2.69. The Labute approximate surface area is 294 Å². The van der Waals surface area contributed by atoms with Gasteiger partial charge in [0.2, 0.25) is 11.8 Å². The number of non-ortho nitro benzene ring substituents is 1. The average molecular weight is 713 g/mol. The van der Waals surface area contributed by atoms with E-state index in [0.717, 1.165) is 32.4 Å². The number of carbonyl (C=O) groups is 3. The number of ether oxygens (including phenoxy) is 2. The first kappa shape index (κ1) is 32.3. The predicted molar refractivity (Wildman–Crippen MR) is 187 cm³/mol. The molecule has 4 aromatic rings. The second-order valence-electron chi connectivity index (χ2n) is 13.1. The number of nitro groups is 1. The number of aromatic amines is 1. The predicted octanol–water partition coefficient (Wildman–Crippen LogP) is 5.75. The number of thioether (sulfide) groups is 1. The van der Waals surface area contributed by atoms with Crippen molar-refractivity contribution >= 4 is 57.9 Å². The van der Waals surface area contributed by atoms with Crippen molar-refractivity contribution in [2.45, 2.75) is 36.5 Å². The summed E-state index contributed by atoms with van der Waals surface area (Å²) >= 11 is 2.75. The van der Waals surface area contributed by atoms with Crippen LogP contribution in [0.5, 0.6) is 11.5 Å². The van der Waals surface area contributed by atoms with Crippen LogP contribution in [-0.2, 0) is 14.4 Å². The minimum absolute atomic E-state index is 0.0191. The molecule has 3 fully saturated rings. The Bertz CT molecular complexity index is 2110. The van der Waals surface area contributed by atoms with Gasteiger partial charge in [0.1, 0.15) is 0 Å². The molecule has 50 heavy (non-hydrogen) atoms. The molecular weight excluding hydrogens is 681 g/mol. The van der Waals surface area contributed by atoms with Gasteiger partial charge in [-0.2, -0.15) is 0 Å². The summed E-state index contributed by atoms with van der Waals surface area (Å²) < 4.78 is 12.0. The molecule has 2 N–H and O–H groups in total. The molecule has 0 radical (unpaired) electrons. The first-order chi connectivity index (χ1) is 24.1. The summed E-state index contributed by atoms with van der Waals surface area (Å²) in [6.07, 6.45) is 0.717. The highest BCUT2D eigenvalue weighted by Crippen LogP contribution is 2.68. The van der Waals surface area contributed by atoms with Crippen molar-refractivity contribution in [2.75, 3.05) is 23.4 Å². The van der Waals surface area contributed by atoms with Crippen LogP contribution in [0.2, 0.25) is 0 Å². The Morgan fingerprint density at radius 2 is 1.76 bits per heavy atom. The van der Waals surface area contributed by atoms with Gasteiger partial charge in [0.25, 0.3) is 11.6 Å². The third kappa shape index (κ3) is 5.28. The third-order valence-corrected chi connectivity index (χ3v) is 12.9. The van der Waals surface area contributed by atoms with E-state index in [2.05, 4.69) is 10.3 Å². The lowest BCUT2D eigenvalue weighted by molar-refractivity contribution is -0.384. The third-order valence-electron chi connectivity index (χ3n) is 10.3. The van der Waals surface area contributed by atoms with Gasteiger partial charge in [0.05, 0.1) is 34.1 Å². The van der Waals surface area contributed by atoms with E-state index in [-0.39, 0.29) is 63.8 Å². The molecule has 0 spiro atoms. The number of nitrogens with one attached hydrogen (secondary N) is 2. The molecule has 14 heteroatoms. The van der Waals surface area contributed by atoms with Crippen molar-refractivity contribution in [3.8, 4) is 11.5 Å². The van der Waals surface area contributed by atoms with Crippen molar-refractivity contribution in [1.29, 1.82) is 0 Å². The molecule has 12 nitrogen and oxygen atoms in total. The second-order valence-corrected chi connectivity index (χ2v) is 15.3. The lowest BCUT2D eigenvalue weighted by Crippen LogP contribution is -2.42. The van der Waals surface area contributed by atoms with E-state index < -0.39 is 16.8 Å². The Balaban J connectivity index is 1.09. The molecule has 3 amide bonds. The lowest BCUT2D eigenvalue weighted by Gasteiger charge is -2.43. The number of benzene rings is 3. The van der Waals surface area contributed by atoms with Crippen molar-refractivity contribution in [1.82, 2.24) is 4.98 Å². The fourth-order valence-corrected chi connectivity index (χ4v) is 11.4. The number of hydrogen-bond donors (Lipinski definition) is 2. The average Bonchev–Trinajstić information content (AvgIpc) is 3.83. The highest BCUT2D eigenvalue weighted by atomic mass is 32.2. The van der Waals surface area contributed by atoms with Gasteiger partial charge in [-0.15, -0.1) is 11.8 Å². The van der Waals surface area contributed by atoms with Gasteiger partial charge < -0.3 is 19.8 Å². The van der Waals surface area contributed by atoms with Crippen molar-refractivity contribution < 1.29 is 28.8 Å². The monoisotopic (exact) mass is 712 g/mol. The maximum Gasteiger partial charge on any atom is 0.305 e. The van der Waals surface area contributed by atoms with Gasteiger partial charge in [-0.25, -0.2) is 0 Å². The number of anilines is 2. The van der Waals surface area contributed by atoms with E-state index in [9.17, 15) is 29.3 Å². The van der Waals surface area contributed by atoms with E-state index in [1.54, 1.807) is 17.8 Å². The number of nitrogens with zero attached hydrogens (tertiary/aromatic N) is 2. The van der Waals surface area contributed by atoms with E-state index >= 15 is 0 Å². The van der Waals surface area contributed by atoms with Gasteiger partial charge in [0, 0.05) is 33.9 Å². The largest absolute Gasteiger partial charge is 0.490 e. The molecule has 1 aromatic heterocycles. The quantitative estimate of drug-likeness (QED) is 0.125. The maximum atomic E-state index is 14.1. The highest BCUT2D eigenvalue weighted by molar-refractivity contribution is 8.00. The summed E-state index contributed by atoms with van der Waals surface area (Å²) in [6, 6.07) is 18.6. The van der Waals surface area contributed by atoms with Crippen molar-refractivity contribution in [2.24, 2.45) is 29.6 Å². The molecule has 4 unspecified atom stereocenters. The number of imide groups is 1. The van der Waals surface area contributed by atoms with Gasteiger partial charge >= 0.3 is 4.87 Å². The molecule has 2 bridgehead atoms. The molecule has 7 atom stereocenters. The van der Waals surface area contributed by atoms with E-state index in [4.69, 9.17) is 9.47 Å². The molecule has 3 aromatic carbocycles. The number of carbonyl (C=O) groups excluding carboxylic acids is 3. The van der Waals surface area contributed by atoms with Crippen LogP contribution in [0.3, 0.4) is 0 Å². The zero-order valence-corrected chi connectivity index (χ0v) is 28.6. The van der Waals surface area contributed by atoms with Crippen LogP contribution in [0.1, 0.15) is 35.3 Å². The molecule has 2 aliphatic heterocycles. The van der Waals surface area contributed by atoms with Crippen molar-refractivity contribution in [3.63, 3.8) is 0 Å². The van der Waals surface area contributed by atoms with Gasteiger partial charge in [-0.3, -0.25) is 34.2 Å². The minimum atomic E-state index is -0.523. The fraction of sp³-hybridized carbons (Fsp3) is 0.333. The summed E-state index contributed by atoms with van der Waals surface area (Å²) in [6.45, 7) is 3.94. The first-order valence-corrected chi connectivity index (χ1v) is 18.1. The topological polar surface area (TPSA) is 161 Å². The van der Waals surface area contributed by atoms with Crippen LogP contribution in [0, 0.1) is 46.6 Å². The minimum Gasteiger partial charge on any atom is -0.490 e. The Hall–Kier alpha value is -4.95. The number of aromatic nitrogens is 1. The number of aryl methyl sites for hydroxylation is 1. The number of hydrogen-bond acceptors (Lipinski definition) is 10. The molecular formula is C36H32N4O8S2. The smallest absolute Gasteiger partial charge is 0.305 e. The summed E-state index contributed by atoms with van der Waals surface area (Å²) in [5.74, 6) is -1.50. The van der Waals surface area contributed by atoms with Gasteiger partial charge in [-0.05, 0) is 85.5 Å². The molecule has 2 aliphatic carbocycles. The van der Waals surface area contributed by atoms with E-state index in [1.165, 1.54) is 29.2 Å². The summed E-state index contributed by atoms with van der Waals surface area (Å²) in [7, 11) is 0. The molecule has 2 saturated carbocycles. The molecule has 256 valence electrons. The van der Waals surface area contributed by atoms with Crippen molar-refractivity contribution in [3.05, 3.63) is 103 Å². The first-order valence-electron chi connectivity index (χ1n) is 16.4. The maximum absolute atomic E-state index is 14.1. The lowest BCUT2D eigenvalue weighted by atomic mass is 9.68. The Morgan fingerprint density at radius 3 is 2.48 bits per heavy atom. The normalized spacial score (nSPS) is 26.0. The summed E-state index contributed by atoms with van der Waals surface area (Å²) in [5.41, 5.74) is 2.81. The van der Waals surface area contributed by atoms with Crippen LogP contribution in [0.15, 0.2) is 76.6 Å². The number of H-pyrrole nitrogens is 1. The zero-order chi connectivity index (χ0) is 34.8. The number of fused-ring (bicyclic) bond motifs is 9. The fourth-order valence-electron chi connectivity index (χ4n) is 8.54. The number of amides is 3. The van der Waals surface area contributed by atoms with E-state index in [1.807, 2.05) is 50.2 Å². The van der Waals surface area contributed by atoms with Crippen LogP contribution < -0.4 is 24.6 Å². The van der Waals surface area contributed by atoms with Gasteiger partial charge in [-0.1, -0.05) is 29.5 Å². The van der Waals surface area contributed by atoms with Crippen LogP contribution >= 0.6 is 23.1 Å². The van der Waals surface area contributed by atoms with Crippen LogP contribution in [0.4, 0.5) is 17.1 Å². The van der Waals surface area contributed by atoms with Gasteiger partial charge in [0.15, 0.2) is 18.1 Å². The number of thiazole rings is 1. The summed E-state index contributed by atoms with van der Waals surface area (Å²) in [5, 5.41) is 14.8. The molecule has 1 saturated heterocycles. The Kier molecular flexibility index (Phi) is 8.02. The van der Waals surface area contributed by atoms with E-state index in [0.29, 0.717) is 35.9 Å². The second kappa shape index (κ2) is 12.4. The van der Waals surface area contributed by atoms with Crippen LogP contribution in [0.25, 0.3) is 0 Å². The SMILES string of the molecule is CCOc1cc([C@H]2c3sc(=O)[nH]c3SC3C2[C@H]2C[C@@H]3C3C(=O)N(c4ccc([N+](=O)[O-])cc4)C(=O)C32)ccc1OCC(=O)Nc1cccc(C)c1. The standard InChI is InChI=1S/C36H32N4O8S2/c1-3-47-25-14-18(7-12-24(25)48-16-26(41)37-19-6-4-5-17(2)13-19)27-28-22-15-23(31(28)49-33-32(27)50-36(44)38-33)30-29(22)34(42)39(35(30)43)20-8-10-21(11-9-20)40(45)46/h4-14,22-23,27-31H,3,15-16H2,1-2H3,(H,37,41)(H,38,44)/t22-,23-,27-,28?,29?,30?,31?/m1/s1.